The Labute approximate surface area is 111 Å². The van der Waals surface area contributed by atoms with Crippen LogP contribution in [0.1, 0.15) is 34.3 Å². The first-order valence-corrected chi connectivity index (χ1v) is 7.33. The second-order valence-corrected chi connectivity index (χ2v) is 5.67. The fourth-order valence-electron chi connectivity index (χ4n) is 2.45. The van der Waals surface area contributed by atoms with Gasteiger partial charge in [-0.05, 0) is 25.9 Å². The number of nitrogens with one attached hydrogen (secondary N) is 1. The molecule has 3 rings (SSSR count). The van der Waals surface area contributed by atoms with Gasteiger partial charge in [-0.15, -0.1) is 11.3 Å². The Morgan fingerprint density at radius 2 is 2.06 bits per heavy atom. The smallest absolute Gasteiger partial charge is 0.273 e. The van der Waals surface area contributed by atoms with Gasteiger partial charge in [0.2, 0.25) is 0 Å². The molecule has 0 unspecified atom stereocenters. The van der Waals surface area contributed by atoms with Crippen LogP contribution in [0.2, 0.25) is 0 Å². The minimum absolute atomic E-state index is 0.0661. The van der Waals surface area contributed by atoms with Gasteiger partial charge >= 0.3 is 0 Å². The van der Waals surface area contributed by atoms with Gasteiger partial charge in [0.1, 0.15) is 5.69 Å². The zero-order valence-corrected chi connectivity index (χ0v) is 11.1. The number of amides is 1. The van der Waals surface area contributed by atoms with Crippen LogP contribution in [0.5, 0.6) is 0 Å². The van der Waals surface area contributed by atoms with E-state index in [0.29, 0.717) is 11.6 Å². The lowest BCUT2D eigenvalue weighted by Gasteiger charge is -2.20. The molecule has 3 heterocycles. The summed E-state index contributed by atoms with van der Waals surface area (Å²) in [6.07, 6.45) is 6.31. The largest absolute Gasteiger partial charge is 0.330 e. The van der Waals surface area contributed by atoms with Crippen LogP contribution in [0.3, 0.4) is 0 Å². The van der Waals surface area contributed by atoms with Crippen molar-refractivity contribution in [2.24, 2.45) is 0 Å². The Bertz CT molecular complexity index is 455. The summed E-state index contributed by atoms with van der Waals surface area (Å²) in [7, 11) is 0. The Morgan fingerprint density at radius 3 is 2.78 bits per heavy atom. The molecular formula is C13H17N3OS. The van der Waals surface area contributed by atoms with Crippen molar-refractivity contribution in [3.8, 4) is 0 Å². The molecule has 0 aliphatic carbocycles. The third-order valence-corrected chi connectivity index (χ3v) is 4.54. The highest BCUT2D eigenvalue weighted by atomic mass is 32.1. The number of aromatic nitrogens is 1. The number of hydrogen-bond donors (Lipinski definition) is 1. The lowest BCUT2D eigenvalue weighted by atomic mass is 9.99. The van der Waals surface area contributed by atoms with Crippen LogP contribution in [0.4, 0.5) is 0 Å². The zero-order valence-electron chi connectivity index (χ0n) is 10.3. The molecule has 1 fully saturated rings. The summed E-state index contributed by atoms with van der Waals surface area (Å²) >= 11 is 1.64. The van der Waals surface area contributed by atoms with Crippen molar-refractivity contribution >= 4 is 17.2 Å². The molecule has 2 aliphatic heterocycles. The van der Waals surface area contributed by atoms with Crippen LogP contribution < -0.4 is 5.32 Å². The Hall–Kier alpha value is -1.20. The molecule has 1 N–H and O–H groups in total. The summed E-state index contributed by atoms with van der Waals surface area (Å²) in [5.41, 5.74) is 0.622. The van der Waals surface area contributed by atoms with Crippen molar-refractivity contribution in [2.75, 3.05) is 26.2 Å². The molecule has 5 heteroatoms. The average Bonchev–Trinajstić information content (AvgIpc) is 3.10. The van der Waals surface area contributed by atoms with E-state index in [1.807, 2.05) is 22.4 Å². The molecule has 18 heavy (non-hydrogen) atoms. The van der Waals surface area contributed by atoms with Gasteiger partial charge < -0.3 is 10.2 Å². The predicted octanol–water partition coefficient (Wildman–Crippen LogP) is 1.62. The van der Waals surface area contributed by atoms with Gasteiger partial charge in [0.15, 0.2) is 0 Å². The third kappa shape index (κ3) is 2.33. The summed E-state index contributed by atoms with van der Waals surface area (Å²) in [6.45, 7) is 3.56. The second-order valence-electron chi connectivity index (χ2n) is 4.78. The van der Waals surface area contributed by atoms with E-state index < -0.39 is 0 Å². The van der Waals surface area contributed by atoms with Crippen molar-refractivity contribution in [3.63, 3.8) is 0 Å². The topological polar surface area (TPSA) is 45.2 Å². The maximum absolute atomic E-state index is 12.2. The second kappa shape index (κ2) is 5.20. The van der Waals surface area contributed by atoms with Crippen LogP contribution in [0.15, 0.2) is 17.5 Å². The quantitative estimate of drug-likeness (QED) is 0.825. The Balaban J connectivity index is 1.70. The standard InChI is InChI=1S/C13H17N3OS/c17-13(16-7-1-2-8-16)11-9-18-12(15-11)10-3-5-14-6-4-10/h1-2,9-10,14H,3-8H2. The van der Waals surface area contributed by atoms with Gasteiger partial charge in [-0.1, -0.05) is 12.2 Å². The van der Waals surface area contributed by atoms with Gasteiger partial charge in [-0.2, -0.15) is 0 Å². The van der Waals surface area contributed by atoms with Crippen LogP contribution in [-0.2, 0) is 0 Å². The zero-order chi connectivity index (χ0) is 12.4. The number of hydrogen-bond acceptors (Lipinski definition) is 4. The minimum Gasteiger partial charge on any atom is -0.330 e. The molecule has 1 aromatic heterocycles. The lowest BCUT2D eigenvalue weighted by molar-refractivity contribution is 0.0795. The molecule has 0 radical (unpaired) electrons. The third-order valence-electron chi connectivity index (χ3n) is 3.53. The highest BCUT2D eigenvalue weighted by molar-refractivity contribution is 7.09. The van der Waals surface area contributed by atoms with Crippen molar-refractivity contribution in [1.29, 1.82) is 0 Å². The average molecular weight is 263 g/mol. The van der Waals surface area contributed by atoms with Crippen LogP contribution in [0, 0.1) is 0 Å². The predicted molar refractivity (Wildman–Crippen MR) is 72.0 cm³/mol. The highest BCUT2D eigenvalue weighted by Crippen LogP contribution is 2.28. The molecule has 2 aliphatic rings. The molecule has 1 amide bonds. The molecule has 4 nitrogen and oxygen atoms in total. The van der Waals surface area contributed by atoms with Crippen LogP contribution in [-0.4, -0.2) is 42.0 Å². The van der Waals surface area contributed by atoms with E-state index in [2.05, 4.69) is 10.3 Å². The molecule has 0 aromatic carbocycles. The SMILES string of the molecule is O=C(c1csc(C2CCNCC2)n1)N1CC=CC1. The van der Waals surface area contributed by atoms with Crippen molar-refractivity contribution in [1.82, 2.24) is 15.2 Å². The summed E-state index contributed by atoms with van der Waals surface area (Å²) in [5, 5.41) is 6.40. The number of carbonyl (C=O) groups is 1. The van der Waals surface area contributed by atoms with Crippen LogP contribution >= 0.6 is 11.3 Å². The van der Waals surface area contributed by atoms with Gasteiger partial charge in [-0.3, -0.25) is 4.79 Å². The minimum atomic E-state index is 0.0661. The molecule has 0 spiro atoms. The Morgan fingerprint density at radius 1 is 1.33 bits per heavy atom. The van der Waals surface area contributed by atoms with E-state index in [1.165, 1.54) is 0 Å². The maximum Gasteiger partial charge on any atom is 0.273 e. The molecule has 0 bridgehead atoms. The normalized spacial score (nSPS) is 20.6. The first kappa shape index (κ1) is 11.9. The van der Waals surface area contributed by atoms with Crippen LogP contribution in [0.25, 0.3) is 0 Å². The van der Waals surface area contributed by atoms with E-state index in [4.69, 9.17) is 0 Å². The number of rotatable bonds is 2. The van der Waals surface area contributed by atoms with E-state index >= 15 is 0 Å². The highest BCUT2D eigenvalue weighted by Gasteiger charge is 2.23. The number of nitrogens with zero attached hydrogens (tertiary/aromatic N) is 2. The molecule has 96 valence electrons. The molecule has 0 saturated carbocycles. The monoisotopic (exact) mass is 263 g/mol. The van der Waals surface area contributed by atoms with Crippen molar-refractivity contribution in [2.45, 2.75) is 18.8 Å². The number of thiazole rings is 1. The van der Waals surface area contributed by atoms with E-state index in [9.17, 15) is 4.79 Å². The molecule has 0 atom stereocenters. The first-order valence-electron chi connectivity index (χ1n) is 6.45. The van der Waals surface area contributed by atoms with E-state index in [1.54, 1.807) is 11.3 Å². The number of carbonyl (C=O) groups excluding carboxylic acids is 1. The molecule has 1 aromatic rings. The fraction of sp³-hybridized carbons (Fsp3) is 0.538. The Kier molecular flexibility index (Phi) is 3.43. The van der Waals surface area contributed by atoms with Crippen molar-refractivity contribution < 1.29 is 4.79 Å². The summed E-state index contributed by atoms with van der Waals surface area (Å²) < 4.78 is 0. The summed E-state index contributed by atoms with van der Waals surface area (Å²) in [4.78, 5) is 18.5. The van der Waals surface area contributed by atoms with E-state index in [-0.39, 0.29) is 5.91 Å². The summed E-state index contributed by atoms with van der Waals surface area (Å²) in [6, 6.07) is 0. The fourth-order valence-corrected chi connectivity index (χ4v) is 3.41. The first-order chi connectivity index (χ1) is 8.84. The van der Waals surface area contributed by atoms with E-state index in [0.717, 1.165) is 44.0 Å². The molecular weight excluding hydrogens is 246 g/mol. The molecule has 1 saturated heterocycles. The lowest BCUT2D eigenvalue weighted by Crippen LogP contribution is -2.29. The van der Waals surface area contributed by atoms with Gasteiger partial charge in [0.25, 0.3) is 5.91 Å². The van der Waals surface area contributed by atoms with Crippen molar-refractivity contribution in [3.05, 3.63) is 28.2 Å². The number of piperidine rings is 1. The maximum atomic E-state index is 12.2. The van der Waals surface area contributed by atoms with Gasteiger partial charge in [-0.25, -0.2) is 4.98 Å². The van der Waals surface area contributed by atoms with Gasteiger partial charge in [0.05, 0.1) is 5.01 Å². The summed E-state index contributed by atoms with van der Waals surface area (Å²) in [5.74, 6) is 0.603. The van der Waals surface area contributed by atoms with Gasteiger partial charge in [0, 0.05) is 24.4 Å².